The van der Waals surface area contributed by atoms with Crippen LogP contribution in [0.4, 0.5) is 0 Å². The van der Waals surface area contributed by atoms with E-state index in [2.05, 4.69) is 17.2 Å². The SMILES string of the molecule is C[C@H]1CCCC[C@@H]1NC(=O)Cn1cnc2scc(-c3ccccc3)c2c1=O. The fourth-order valence-electron chi connectivity index (χ4n) is 3.85. The predicted octanol–water partition coefficient (Wildman–Crippen LogP) is 3.82. The van der Waals surface area contributed by atoms with Crippen molar-refractivity contribution < 1.29 is 4.79 Å². The van der Waals surface area contributed by atoms with Crippen LogP contribution in [0.2, 0.25) is 0 Å². The van der Waals surface area contributed by atoms with Crippen LogP contribution < -0.4 is 10.9 Å². The molecule has 140 valence electrons. The summed E-state index contributed by atoms with van der Waals surface area (Å²) in [7, 11) is 0. The van der Waals surface area contributed by atoms with Gasteiger partial charge in [0.15, 0.2) is 0 Å². The van der Waals surface area contributed by atoms with Gasteiger partial charge >= 0.3 is 0 Å². The van der Waals surface area contributed by atoms with Crippen LogP contribution >= 0.6 is 11.3 Å². The molecule has 0 unspecified atom stereocenters. The summed E-state index contributed by atoms with van der Waals surface area (Å²) in [6, 6.07) is 10.0. The maximum absolute atomic E-state index is 13.0. The van der Waals surface area contributed by atoms with E-state index in [1.54, 1.807) is 0 Å². The largest absolute Gasteiger partial charge is 0.352 e. The van der Waals surface area contributed by atoms with E-state index in [0.717, 1.165) is 30.4 Å². The van der Waals surface area contributed by atoms with Crippen LogP contribution in [0.1, 0.15) is 32.6 Å². The van der Waals surface area contributed by atoms with Crippen LogP contribution in [-0.2, 0) is 11.3 Å². The molecule has 5 nitrogen and oxygen atoms in total. The molecule has 6 heteroatoms. The molecule has 4 rings (SSSR count). The third-order valence-corrected chi connectivity index (χ3v) is 6.30. The number of hydrogen-bond donors (Lipinski definition) is 1. The zero-order chi connectivity index (χ0) is 18.8. The second kappa shape index (κ2) is 7.64. The molecule has 0 radical (unpaired) electrons. The van der Waals surface area contributed by atoms with Crippen LogP contribution in [0.5, 0.6) is 0 Å². The molecule has 0 spiro atoms. The van der Waals surface area contributed by atoms with Gasteiger partial charge in [-0.3, -0.25) is 14.2 Å². The lowest BCUT2D eigenvalue weighted by atomic mass is 9.86. The van der Waals surface area contributed by atoms with Crippen LogP contribution in [0.15, 0.2) is 46.8 Å². The topological polar surface area (TPSA) is 64.0 Å². The van der Waals surface area contributed by atoms with Gasteiger partial charge in [-0.25, -0.2) is 4.98 Å². The van der Waals surface area contributed by atoms with E-state index in [9.17, 15) is 9.59 Å². The van der Waals surface area contributed by atoms with Crippen molar-refractivity contribution in [3.8, 4) is 11.1 Å². The first-order valence-corrected chi connectivity index (χ1v) is 10.3. The fraction of sp³-hybridized carbons (Fsp3) is 0.381. The van der Waals surface area contributed by atoms with Crippen molar-refractivity contribution in [1.82, 2.24) is 14.9 Å². The van der Waals surface area contributed by atoms with Gasteiger partial charge in [-0.05, 0) is 24.3 Å². The minimum atomic E-state index is -0.160. The normalized spacial score (nSPS) is 19.9. The quantitative estimate of drug-likeness (QED) is 0.747. The van der Waals surface area contributed by atoms with Crippen LogP contribution in [0.25, 0.3) is 21.3 Å². The molecular weight excluding hydrogens is 358 g/mol. The predicted molar refractivity (Wildman–Crippen MR) is 109 cm³/mol. The van der Waals surface area contributed by atoms with Crippen LogP contribution in [0.3, 0.4) is 0 Å². The molecular formula is C21H23N3O2S. The molecule has 0 bridgehead atoms. The molecule has 2 heterocycles. The molecule has 1 fully saturated rings. The first kappa shape index (κ1) is 17.9. The molecule has 1 aliphatic rings. The van der Waals surface area contributed by atoms with E-state index in [1.807, 2.05) is 35.7 Å². The summed E-state index contributed by atoms with van der Waals surface area (Å²) in [5, 5.41) is 5.66. The number of thiophene rings is 1. The third-order valence-electron chi connectivity index (χ3n) is 5.42. The molecule has 1 aromatic carbocycles. The van der Waals surface area contributed by atoms with Crippen molar-refractivity contribution in [2.75, 3.05) is 0 Å². The zero-order valence-electron chi connectivity index (χ0n) is 15.4. The molecule has 1 aliphatic carbocycles. The smallest absolute Gasteiger partial charge is 0.263 e. The van der Waals surface area contributed by atoms with Gasteiger partial charge in [0, 0.05) is 17.0 Å². The maximum atomic E-state index is 13.0. The number of rotatable bonds is 4. The van der Waals surface area contributed by atoms with E-state index in [1.165, 1.54) is 28.7 Å². The number of amides is 1. The molecule has 2 aromatic heterocycles. The Kier molecular flexibility index (Phi) is 5.07. The number of carbonyl (C=O) groups is 1. The summed E-state index contributed by atoms with van der Waals surface area (Å²) >= 11 is 1.45. The van der Waals surface area contributed by atoms with Gasteiger partial charge in [0.1, 0.15) is 11.4 Å². The van der Waals surface area contributed by atoms with E-state index >= 15 is 0 Å². The Labute approximate surface area is 162 Å². The van der Waals surface area contributed by atoms with Crippen molar-refractivity contribution in [2.24, 2.45) is 5.92 Å². The average molecular weight is 382 g/mol. The summed E-state index contributed by atoms with van der Waals surface area (Å²) in [6.45, 7) is 2.19. The highest BCUT2D eigenvalue weighted by atomic mass is 32.1. The van der Waals surface area contributed by atoms with Crippen molar-refractivity contribution in [1.29, 1.82) is 0 Å². The Balaban J connectivity index is 1.60. The summed E-state index contributed by atoms with van der Waals surface area (Å²) in [4.78, 5) is 30.6. The average Bonchev–Trinajstić information content (AvgIpc) is 3.11. The Morgan fingerprint density at radius 1 is 1.26 bits per heavy atom. The highest BCUT2D eigenvalue weighted by Gasteiger charge is 2.23. The molecule has 2 atom stereocenters. The molecule has 1 amide bonds. The molecule has 1 saturated carbocycles. The highest BCUT2D eigenvalue weighted by Crippen LogP contribution is 2.30. The van der Waals surface area contributed by atoms with Gasteiger partial charge in [0.2, 0.25) is 5.91 Å². The summed E-state index contributed by atoms with van der Waals surface area (Å²) in [6.07, 6.45) is 6.03. The number of benzene rings is 1. The minimum Gasteiger partial charge on any atom is -0.352 e. The zero-order valence-corrected chi connectivity index (χ0v) is 16.2. The first-order chi connectivity index (χ1) is 13.1. The number of nitrogens with zero attached hydrogens (tertiary/aromatic N) is 2. The maximum Gasteiger partial charge on any atom is 0.263 e. The monoisotopic (exact) mass is 381 g/mol. The first-order valence-electron chi connectivity index (χ1n) is 9.45. The Bertz CT molecular complexity index is 1010. The van der Waals surface area contributed by atoms with Crippen molar-refractivity contribution >= 4 is 27.5 Å². The molecule has 0 saturated heterocycles. The second-order valence-electron chi connectivity index (χ2n) is 7.31. The van der Waals surface area contributed by atoms with Crippen molar-refractivity contribution in [3.05, 3.63) is 52.4 Å². The number of aromatic nitrogens is 2. The number of fused-ring (bicyclic) bond motifs is 1. The van der Waals surface area contributed by atoms with E-state index in [4.69, 9.17) is 0 Å². The Hall–Kier alpha value is -2.47. The molecule has 3 aromatic rings. The minimum absolute atomic E-state index is 0.00900. The summed E-state index contributed by atoms with van der Waals surface area (Å²) < 4.78 is 1.42. The van der Waals surface area contributed by atoms with Gasteiger partial charge in [-0.2, -0.15) is 0 Å². The fourth-order valence-corrected chi connectivity index (χ4v) is 4.75. The van der Waals surface area contributed by atoms with Gasteiger partial charge in [0.25, 0.3) is 5.56 Å². The van der Waals surface area contributed by atoms with E-state index < -0.39 is 0 Å². The number of hydrogen-bond acceptors (Lipinski definition) is 4. The molecule has 0 aliphatic heterocycles. The van der Waals surface area contributed by atoms with Crippen LogP contribution in [-0.4, -0.2) is 21.5 Å². The van der Waals surface area contributed by atoms with Crippen molar-refractivity contribution in [3.63, 3.8) is 0 Å². The van der Waals surface area contributed by atoms with E-state index in [0.29, 0.717) is 16.1 Å². The van der Waals surface area contributed by atoms with Crippen LogP contribution in [0, 0.1) is 5.92 Å². The highest BCUT2D eigenvalue weighted by molar-refractivity contribution is 7.17. The van der Waals surface area contributed by atoms with Gasteiger partial charge in [-0.1, -0.05) is 50.1 Å². The van der Waals surface area contributed by atoms with E-state index in [-0.39, 0.29) is 24.1 Å². The number of nitrogens with one attached hydrogen (secondary N) is 1. The lowest BCUT2D eigenvalue weighted by Gasteiger charge is -2.29. The van der Waals surface area contributed by atoms with Gasteiger partial charge in [0.05, 0.1) is 11.7 Å². The molecule has 27 heavy (non-hydrogen) atoms. The molecule has 1 N–H and O–H groups in total. The Morgan fingerprint density at radius 2 is 2.04 bits per heavy atom. The van der Waals surface area contributed by atoms with Gasteiger partial charge in [-0.15, -0.1) is 11.3 Å². The lowest BCUT2D eigenvalue weighted by Crippen LogP contribution is -2.43. The van der Waals surface area contributed by atoms with Gasteiger partial charge < -0.3 is 5.32 Å². The summed E-state index contributed by atoms with van der Waals surface area (Å²) in [5.74, 6) is 0.370. The standard InChI is InChI=1S/C21H23N3O2S/c1-14-7-5-6-10-17(14)23-18(25)11-24-13-22-20-19(21(24)26)16(12-27-20)15-8-3-2-4-9-15/h2-4,8-9,12-14,17H,5-7,10-11H2,1H3,(H,23,25)/t14-,17-/m0/s1. The number of carbonyl (C=O) groups excluding carboxylic acids is 1. The lowest BCUT2D eigenvalue weighted by molar-refractivity contribution is -0.123. The van der Waals surface area contributed by atoms with Crippen molar-refractivity contribution in [2.45, 2.75) is 45.2 Å². The second-order valence-corrected chi connectivity index (χ2v) is 8.17. The third kappa shape index (κ3) is 3.67. The Morgan fingerprint density at radius 3 is 2.81 bits per heavy atom. The summed E-state index contributed by atoms with van der Waals surface area (Å²) in [5.41, 5.74) is 1.71.